The summed E-state index contributed by atoms with van der Waals surface area (Å²) in [5, 5.41) is 10.8. The molecular formula is C16H20ClN3O3. The normalized spacial score (nSPS) is 11.7. The molecule has 124 valence electrons. The molecule has 0 saturated heterocycles. The van der Waals surface area contributed by atoms with Crippen LogP contribution in [0, 0.1) is 5.41 Å². The molecule has 6 nitrogen and oxygen atoms in total. The Morgan fingerprint density at radius 2 is 1.96 bits per heavy atom. The van der Waals surface area contributed by atoms with Crippen molar-refractivity contribution >= 4 is 29.1 Å². The van der Waals surface area contributed by atoms with Crippen molar-refractivity contribution in [2.75, 3.05) is 6.61 Å². The number of nitrogens with one attached hydrogen (secondary N) is 2. The van der Waals surface area contributed by atoms with E-state index in [4.69, 9.17) is 27.5 Å². The highest BCUT2D eigenvalue weighted by atomic mass is 35.5. The van der Waals surface area contributed by atoms with Crippen LogP contribution in [0.1, 0.15) is 31.1 Å². The fraction of sp³-hybridized carbons (Fsp3) is 0.312. The Morgan fingerprint density at radius 3 is 2.48 bits per heavy atom. The van der Waals surface area contributed by atoms with Crippen LogP contribution in [-0.4, -0.2) is 30.1 Å². The summed E-state index contributed by atoms with van der Waals surface area (Å²) in [6.45, 7) is 4.63. The second kappa shape index (κ2) is 8.33. The molecule has 1 aromatic rings. The number of ether oxygens (including phenoxy) is 1. The maximum Gasteiger partial charge on any atom is 0.344 e. The third-order valence-corrected chi connectivity index (χ3v) is 3.13. The maximum absolute atomic E-state index is 12.1. The van der Waals surface area contributed by atoms with Crippen molar-refractivity contribution in [1.29, 1.82) is 5.41 Å². The average Bonchev–Trinajstić information content (AvgIpc) is 2.44. The number of hydrogen-bond donors (Lipinski definition) is 3. The SMILES string of the molecule is CC(=N)/C(C(=O)OCC(=O)c1ccccc1Cl)=C(/N)NC(C)C. The number of esters is 1. The molecule has 0 aliphatic heterocycles. The Bertz CT molecular complexity index is 654. The highest BCUT2D eigenvalue weighted by Gasteiger charge is 2.20. The van der Waals surface area contributed by atoms with Gasteiger partial charge in [-0.2, -0.15) is 0 Å². The molecule has 0 aliphatic carbocycles. The van der Waals surface area contributed by atoms with Gasteiger partial charge in [0.1, 0.15) is 11.4 Å². The van der Waals surface area contributed by atoms with Crippen LogP contribution in [0.3, 0.4) is 0 Å². The van der Waals surface area contributed by atoms with Crippen LogP contribution >= 0.6 is 11.6 Å². The molecule has 4 N–H and O–H groups in total. The minimum absolute atomic E-state index is 0.0121. The van der Waals surface area contributed by atoms with Gasteiger partial charge in [-0.1, -0.05) is 23.7 Å². The van der Waals surface area contributed by atoms with Crippen LogP contribution in [0.2, 0.25) is 5.02 Å². The lowest BCUT2D eigenvalue weighted by molar-refractivity contribution is -0.137. The zero-order chi connectivity index (χ0) is 17.6. The zero-order valence-electron chi connectivity index (χ0n) is 13.3. The lowest BCUT2D eigenvalue weighted by Crippen LogP contribution is -2.32. The minimum Gasteiger partial charge on any atom is -0.454 e. The van der Waals surface area contributed by atoms with Gasteiger partial charge >= 0.3 is 5.97 Å². The molecule has 0 fully saturated rings. The first-order chi connectivity index (χ1) is 10.7. The Kier molecular flexibility index (Phi) is 6.78. The molecule has 0 saturated carbocycles. The van der Waals surface area contributed by atoms with E-state index in [2.05, 4.69) is 5.32 Å². The summed E-state index contributed by atoms with van der Waals surface area (Å²) < 4.78 is 4.97. The van der Waals surface area contributed by atoms with Crippen molar-refractivity contribution in [3.05, 3.63) is 46.2 Å². The van der Waals surface area contributed by atoms with Crippen LogP contribution < -0.4 is 11.1 Å². The Balaban J connectivity index is 2.83. The third kappa shape index (κ3) is 5.41. The predicted octanol–water partition coefficient (Wildman–Crippen LogP) is 2.27. The van der Waals surface area contributed by atoms with Gasteiger partial charge in [0.25, 0.3) is 0 Å². The molecule has 7 heteroatoms. The lowest BCUT2D eigenvalue weighted by atomic mass is 10.1. The number of carbonyl (C=O) groups is 2. The van der Waals surface area contributed by atoms with Crippen LogP contribution in [0.4, 0.5) is 0 Å². The number of Topliss-reactive ketones (excluding diaryl/α,β-unsaturated/α-hetero) is 1. The number of benzene rings is 1. The summed E-state index contributed by atoms with van der Waals surface area (Å²) in [6, 6.07) is 6.48. The Morgan fingerprint density at radius 1 is 1.35 bits per heavy atom. The van der Waals surface area contributed by atoms with E-state index in [0.29, 0.717) is 0 Å². The van der Waals surface area contributed by atoms with Crippen molar-refractivity contribution in [2.45, 2.75) is 26.8 Å². The van der Waals surface area contributed by atoms with Gasteiger partial charge < -0.3 is 21.2 Å². The number of carbonyl (C=O) groups excluding carboxylic acids is 2. The summed E-state index contributed by atoms with van der Waals surface area (Å²) in [4.78, 5) is 24.1. The first-order valence-electron chi connectivity index (χ1n) is 7.00. The summed E-state index contributed by atoms with van der Waals surface area (Å²) in [7, 11) is 0. The van der Waals surface area contributed by atoms with Crippen molar-refractivity contribution < 1.29 is 14.3 Å². The molecule has 0 unspecified atom stereocenters. The average molecular weight is 338 g/mol. The zero-order valence-corrected chi connectivity index (χ0v) is 14.0. The van der Waals surface area contributed by atoms with Crippen molar-refractivity contribution in [3.8, 4) is 0 Å². The highest BCUT2D eigenvalue weighted by Crippen LogP contribution is 2.15. The van der Waals surface area contributed by atoms with Gasteiger partial charge in [-0.05, 0) is 32.9 Å². The van der Waals surface area contributed by atoms with Crippen molar-refractivity contribution in [3.63, 3.8) is 0 Å². The van der Waals surface area contributed by atoms with Crippen LogP contribution in [-0.2, 0) is 9.53 Å². The van der Waals surface area contributed by atoms with Crippen molar-refractivity contribution in [2.24, 2.45) is 5.73 Å². The van der Waals surface area contributed by atoms with E-state index < -0.39 is 18.4 Å². The Labute approximate surface area is 140 Å². The summed E-state index contributed by atoms with van der Waals surface area (Å²) in [6.07, 6.45) is 0. The number of nitrogens with two attached hydrogens (primary N) is 1. The van der Waals surface area contributed by atoms with E-state index in [9.17, 15) is 9.59 Å². The molecule has 0 amide bonds. The molecule has 0 aliphatic rings. The molecule has 0 spiro atoms. The van der Waals surface area contributed by atoms with Gasteiger partial charge in [0.05, 0.1) is 5.02 Å². The van der Waals surface area contributed by atoms with Gasteiger partial charge in [-0.25, -0.2) is 4.79 Å². The summed E-state index contributed by atoms with van der Waals surface area (Å²) in [5.74, 6) is -1.22. The highest BCUT2D eigenvalue weighted by molar-refractivity contribution is 6.34. The largest absolute Gasteiger partial charge is 0.454 e. The maximum atomic E-state index is 12.1. The van der Waals surface area contributed by atoms with Gasteiger partial charge in [-0.3, -0.25) is 4.79 Å². The molecule has 0 bridgehead atoms. The molecule has 0 aromatic heterocycles. The van der Waals surface area contributed by atoms with Gasteiger partial charge in [0.2, 0.25) is 5.78 Å². The van der Waals surface area contributed by atoms with Crippen LogP contribution in [0.15, 0.2) is 35.7 Å². The monoisotopic (exact) mass is 337 g/mol. The molecule has 0 atom stereocenters. The van der Waals surface area contributed by atoms with Gasteiger partial charge in [0.15, 0.2) is 6.61 Å². The minimum atomic E-state index is -0.830. The predicted molar refractivity (Wildman–Crippen MR) is 89.6 cm³/mol. The molecule has 0 heterocycles. The van der Waals surface area contributed by atoms with Gasteiger partial charge in [0, 0.05) is 17.3 Å². The summed E-state index contributed by atoms with van der Waals surface area (Å²) >= 11 is 5.92. The Hall–Kier alpha value is -2.34. The number of ketones is 1. The van der Waals surface area contributed by atoms with Crippen molar-refractivity contribution in [1.82, 2.24) is 5.32 Å². The smallest absolute Gasteiger partial charge is 0.344 e. The molecule has 23 heavy (non-hydrogen) atoms. The van der Waals surface area contributed by atoms with E-state index in [-0.39, 0.29) is 33.7 Å². The quantitative estimate of drug-likeness (QED) is 0.306. The lowest BCUT2D eigenvalue weighted by Gasteiger charge is -2.14. The number of halogens is 1. The molecule has 1 aromatic carbocycles. The van der Waals surface area contributed by atoms with Crippen LogP contribution in [0.25, 0.3) is 0 Å². The molecule has 1 rings (SSSR count). The van der Waals surface area contributed by atoms with E-state index in [1.807, 2.05) is 13.8 Å². The number of rotatable bonds is 7. The van der Waals surface area contributed by atoms with E-state index >= 15 is 0 Å². The molecular weight excluding hydrogens is 318 g/mol. The van der Waals surface area contributed by atoms with E-state index in [1.54, 1.807) is 24.3 Å². The first kappa shape index (κ1) is 18.7. The fourth-order valence-corrected chi connectivity index (χ4v) is 2.06. The second-order valence-corrected chi connectivity index (χ2v) is 5.60. The van der Waals surface area contributed by atoms with Gasteiger partial charge in [-0.15, -0.1) is 0 Å². The standard InChI is InChI=1S/C16H20ClN3O3/c1-9(2)20-15(19)14(10(3)18)16(22)23-8-13(21)11-6-4-5-7-12(11)17/h4-7,9,18,20H,8,19H2,1-3H3/b15-14+,18-10?. The molecule has 0 radical (unpaired) electrons. The van der Waals surface area contributed by atoms with Crippen LogP contribution in [0.5, 0.6) is 0 Å². The summed E-state index contributed by atoms with van der Waals surface area (Å²) in [5.41, 5.74) is 5.91. The van der Waals surface area contributed by atoms with E-state index in [1.165, 1.54) is 6.92 Å². The topological polar surface area (TPSA) is 105 Å². The van der Waals surface area contributed by atoms with E-state index in [0.717, 1.165) is 0 Å². The fourth-order valence-electron chi connectivity index (χ4n) is 1.82. The number of hydrogen-bond acceptors (Lipinski definition) is 6. The second-order valence-electron chi connectivity index (χ2n) is 5.19. The first-order valence-corrected chi connectivity index (χ1v) is 7.38. The third-order valence-electron chi connectivity index (χ3n) is 2.80.